The van der Waals surface area contributed by atoms with Crippen LogP contribution in [-0.4, -0.2) is 69.4 Å². The summed E-state index contributed by atoms with van der Waals surface area (Å²) in [4.78, 5) is 14.9. The number of nitriles is 1. The molecule has 3 heterocycles. The molecule has 10 heteroatoms. The van der Waals surface area contributed by atoms with Crippen molar-refractivity contribution in [2.75, 3.05) is 49.0 Å². The highest BCUT2D eigenvalue weighted by atomic mass is 32.2. The van der Waals surface area contributed by atoms with Crippen molar-refractivity contribution in [1.82, 2.24) is 9.21 Å². The van der Waals surface area contributed by atoms with Gasteiger partial charge >= 0.3 is 10.2 Å². The molecule has 0 spiro atoms. The summed E-state index contributed by atoms with van der Waals surface area (Å²) in [7, 11) is -2.02. The summed E-state index contributed by atoms with van der Waals surface area (Å²) in [5.41, 5.74) is 1.07. The molecule has 3 aliphatic rings. The van der Waals surface area contributed by atoms with Crippen LogP contribution in [0, 0.1) is 11.5 Å². The summed E-state index contributed by atoms with van der Waals surface area (Å²) >= 11 is 0. The Morgan fingerprint density at radius 1 is 1.27 bits per heavy atom. The Morgan fingerprint density at radius 3 is 2.81 bits per heavy atom. The van der Waals surface area contributed by atoms with Gasteiger partial charge in [-0.15, -0.1) is 0 Å². The average Bonchev–Trinajstić information content (AvgIpc) is 3.21. The van der Waals surface area contributed by atoms with Gasteiger partial charge in [0, 0.05) is 39.3 Å². The topological polar surface area (TPSA) is 97.2 Å². The molecule has 0 N–H and O–H groups in total. The van der Waals surface area contributed by atoms with E-state index in [1.165, 1.54) is 13.5 Å². The van der Waals surface area contributed by atoms with Crippen LogP contribution in [0.1, 0.15) is 6.42 Å². The predicted octanol–water partition coefficient (Wildman–Crippen LogP) is -0.0360. The van der Waals surface area contributed by atoms with Crippen LogP contribution in [0.25, 0.3) is 0 Å². The van der Waals surface area contributed by atoms with Crippen LogP contribution in [0.2, 0.25) is 0 Å². The molecule has 9 nitrogen and oxygen atoms in total. The molecule has 1 amide bonds. The molecule has 1 aromatic rings. The molecule has 3 aliphatic heterocycles. The fraction of sp³-hybridized carbons (Fsp3) is 0.500. The maximum Gasteiger partial charge on any atom is 0.304 e. The first-order valence-electron chi connectivity index (χ1n) is 8.39. The number of amides is 1. The van der Waals surface area contributed by atoms with Gasteiger partial charge in [0.2, 0.25) is 0 Å². The lowest BCUT2D eigenvalue weighted by molar-refractivity contribution is -0.120. The number of anilines is 2. The summed E-state index contributed by atoms with van der Waals surface area (Å²) < 4.78 is 34.3. The zero-order valence-electron chi connectivity index (χ0n) is 14.3. The van der Waals surface area contributed by atoms with E-state index in [9.17, 15) is 13.2 Å². The Hall–Kier alpha value is -2.51. The van der Waals surface area contributed by atoms with Crippen molar-refractivity contribution in [3.8, 4) is 11.9 Å². The Balaban J connectivity index is 1.62. The molecule has 2 saturated heterocycles. The van der Waals surface area contributed by atoms with Crippen LogP contribution in [0.15, 0.2) is 18.2 Å². The number of carbonyl (C=O) groups excluding carboxylic acids is 1. The third kappa shape index (κ3) is 2.55. The fourth-order valence-electron chi connectivity index (χ4n) is 3.66. The monoisotopic (exact) mass is 377 g/mol. The highest BCUT2D eigenvalue weighted by molar-refractivity contribution is 7.90. The van der Waals surface area contributed by atoms with E-state index in [0.717, 1.165) is 0 Å². The van der Waals surface area contributed by atoms with Gasteiger partial charge < -0.3 is 14.5 Å². The second-order valence-corrected chi connectivity index (χ2v) is 8.38. The number of nitrogens with zero attached hydrogens (tertiary/aromatic N) is 5. The maximum absolute atomic E-state index is 13.0. The second kappa shape index (κ2) is 6.03. The van der Waals surface area contributed by atoms with Crippen LogP contribution in [-0.2, 0) is 15.0 Å². The van der Waals surface area contributed by atoms with Crippen molar-refractivity contribution in [3.05, 3.63) is 18.2 Å². The van der Waals surface area contributed by atoms with E-state index in [1.807, 2.05) is 0 Å². The third-order valence-corrected chi connectivity index (χ3v) is 7.15. The molecule has 4 rings (SSSR count). The fourth-order valence-corrected chi connectivity index (χ4v) is 5.47. The van der Waals surface area contributed by atoms with E-state index in [4.69, 9.17) is 10.00 Å². The van der Waals surface area contributed by atoms with Crippen molar-refractivity contribution in [2.24, 2.45) is 0 Å². The molecule has 0 radical (unpaired) electrons. The summed E-state index contributed by atoms with van der Waals surface area (Å²) in [6.07, 6.45) is 2.73. The Bertz CT molecular complexity index is 896. The Kier molecular flexibility index (Phi) is 3.93. The molecule has 26 heavy (non-hydrogen) atoms. The number of hydrogen-bond donors (Lipinski definition) is 0. The van der Waals surface area contributed by atoms with Crippen LogP contribution >= 0.6 is 0 Å². The molecule has 1 atom stereocenters. The summed E-state index contributed by atoms with van der Waals surface area (Å²) in [6.45, 7) is 1.71. The van der Waals surface area contributed by atoms with Crippen LogP contribution < -0.4 is 13.9 Å². The van der Waals surface area contributed by atoms with Crippen molar-refractivity contribution >= 4 is 27.5 Å². The van der Waals surface area contributed by atoms with Gasteiger partial charge in [0.05, 0.1) is 11.4 Å². The van der Waals surface area contributed by atoms with Gasteiger partial charge in [-0.1, -0.05) is 0 Å². The minimum Gasteiger partial charge on any atom is -0.482 e. The zero-order chi connectivity index (χ0) is 18.5. The first kappa shape index (κ1) is 16.9. The van der Waals surface area contributed by atoms with Crippen molar-refractivity contribution in [3.63, 3.8) is 0 Å². The first-order valence-corrected chi connectivity index (χ1v) is 9.79. The largest absolute Gasteiger partial charge is 0.482 e. The molecule has 0 saturated carbocycles. The minimum atomic E-state index is -3.67. The highest BCUT2D eigenvalue weighted by Crippen LogP contribution is 2.37. The van der Waals surface area contributed by atoms with E-state index >= 15 is 0 Å². The Morgan fingerprint density at radius 2 is 2.08 bits per heavy atom. The normalized spacial score (nSPS) is 25.2. The summed E-state index contributed by atoms with van der Waals surface area (Å²) in [5, 5.41) is 9.00. The van der Waals surface area contributed by atoms with Gasteiger partial charge in [-0.25, -0.2) is 0 Å². The molecule has 138 valence electrons. The lowest BCUT2D eigenvalue weighted by atomic mass is 10.2. The predicted molar refractivity (Wildman–Crippen MR) is 93.9 cm³/mol. The summed E-state index contributed by atoms with van der Waals surface area (Å²) in [5.74, 6) is 0.382. The number of ether oxygens (including phenoxy) is 1. The molecule has 1 unspecified atom stereocenters. The molecule has 0 bridgehead atoms. The number of rotatable bonds is 2. The van der Waals surface area contributed by atoms with Crippen LogP contribution in [0.5, 0.6) is 5.75 Å². The number of likely N-dealkylation sites (tertiary alicyclic amines) is 1. The van der Waals surface area contributed by atoms with E-state index in [0.29, 0.717) is 49.7 Å². The van der Waals surface area contributed by atoms with Crippen molar-refractivity contribution < 1.29 is 17.9 Å². The third-order valence-electron chi connectivity index (χ3n) is 5.13. The molecular formula is C16H19N5O4S. The van der Waals surface area contributed by atoms with Gasteiger partial charge in [-0.2, -0.15) is 18.0 Å². The number of benzene rings is 1. The van der Waals surface area contributed by atoms with Crippen LogP contribution in [0.3, 0.4) is 0 Å². The quantitative estimate of drug-likeness (QED) is 0.671. The van der Waals surface area contributed by atoms with Gasteiger partial charge in [-0.05, 0) is 24.6 Å². The molecule has 0 aliphatic carbocycles. The van der Waals surface area contributed by atoms with Crippen molar-refractivity contribution in [1.29, 1.82) is 5.26 Å². The first-order chi connectivity index (χ1) is 12.4. The number of carbonyl (C=O) groups is 1. The van der Waals surface area contributed by atoms with E-state index < -0.39 is 10.2 Å². The van der Waals surface area contributed by atoms with Crippen LogP contribution in [0.4, 0.5) is 11.4 Å². The number of likely N-dealkylation sites (N-methyl/N-ethyl adjacent to an activating group) is 1. The summed E-state index contributed by atoms with van der Waals surface area (Å²) in [6, 6.07) is 4.87. The van der Waals surface area contributed by atoms with Gasteiger partial charge in [0.15, 0.2) is 12.8 Å². The van der Waals surface area contributed by atoms with E-state index in [1.54, 1.807) is 30.1 Å². The van der Waals surface area contributed by atoms with Gasteiger partial charge in [-0.3, -0.25) is 9.10 Å². The Labute approximate surface area is 152 Å². The lowest BCUT2D eigenvalue weighted by Gasteiger charge is -2.28. The maximum atomic E-state index is 13.0. The standard InChI is InChI=1S/C16H19N5O4S/c1-18-14-8-12(2-3-15(14)25-10-16(18)22)20-6-7-21(26(20,23)24)13-4-5-19(9-13)11-17/h2-3,8,13H,4-7,9-10H2,1H3. The molecule has 1 aromatic carbocycles. The second-order valence-electron chi connectivity index (χ2n) is 6.57. The van der Waals surface area contributed by atoms with Crippen molar-refractivity contribution in [2.45, 2.75) is 12.5 Å². The van der Waals surface area contributed by atoms with Gasteiger partial charge in [0.25, 0.3) is 5.91 Å². The smallest absolute Gasteiger partial charge is 0.304 e. The van der Waals surface area contributed by atoms with E-state index in [2.05, 4.69) is 6.19 Å². The highest BCUT2D eigenvalue weighted by Gasteiger charge is 2.43. The number of hydrogen-bond acceptors (Lipinski definition) is 6. The average molecular weight is 377 g/mol. The van der Waals surface area contributed by atoms with Gasteiger partial charge in [0.1, 0.15) is 5.75 Å². The van der Waals surface area contributed by atoms with E-state index in [-0.39, 0.29) is 18.6 Å². The zero-order valence-corrected chi connectivity index (χ0v) is 15.1. The SMILES string of the molecule is CN1C(=O)COc2ccc(N3CCN(C4CCN(C#N)C4)S3(=O)=O)cc21. The lowest BCUT2D eigenvalue weighted by Crippen LogP contribution is -2.41. The number of fused-ring (bicyclic) bond motifs is 1. The molecular weight excluding hydrogens is 358 g/mol. The molecule has 0 aromatic heterocycles. The molecule has 2 fully saturated rings. The minimum absolute atomic E-state index is 0.0181.